The number of hydrogen-bond acceptors (Lipinski definition) is 3. The molecule has 4 heteroatoms. The van der Waals surface area contributed by atoms with Crippen molar-refractivity contribution >= 4 is 0 Å². The van der Waals surface area contributed by atoms with Gasteiger partial charge in [-0.2, -0.15) is 0 Å². The predicted octanol–water partition coefficient (Wildman–Crippen LogP) is 2.49. The van der Waals surface area contributed by atoms with Crippen LogP contribution in [-0.2, 0) is 0 Å². The van der Waals surface area contributed by atoms with E-state index in [0.717, 1.165) is 24.2 Å². The van der Waals surface area contributed by atoms with Gasteiger partial charge in [-0.25, -0.2) is 4.98 Å². The second-order valence-electron chi connectivity index (χ2n) is 4.72. The molecule has 92 valence electrons. The molecule has 0 bridgehead atoms. The maximum absolute atomic E-state index is 11.7. The van der Waals surface area contributed by atoms with Gasteiger partial charge >= 0.3 is 0 Å². The summed E-state index contributed by atoms with van der Waals surface area (Å²) >= 11 is 0. The summed E-state index contributed by atoms with van der Waals surface area (Å²) in [5.41, 5.74) is 1.54. The third kappa shape index (κ3) is 2.18. The van der Waals surface area contributed by atoms with E-state index in [4.69, 9.17) is 0 Å². The van der Waals surface area contributed by atoms with E-state index in [-0.39, 0.29) is 5.56 Å². The van der Waals surface area contributed by atoms with Crippen LogP contribution in [0.4, 0.5) is 0 Å². The van der Waals surface area contributed by atoms with Crippen LogP contribution >= 0.6 is 0 Å². The first-order valence-corrected chi connectivity index (χ1v) is 6.35. The summed E-state index contributed by atoms with van der Waals surface area (Å²) < 4.78 is 0. The Kier molecular flexibility index (Phi) is 2.92. The molecular weight excluding hydrogens is 226 g/mol. The zero-order chi connectivity index (χ0) is 12.4. The number of H-pyrrole nitrogens is 1. The predicted molar refractivity (Wildman–Crippen MR) is 69.3 cm³/mol. The summed E-state index contributed by atoms with van der Waals surface area (Å²) in [6.07, 6.45) is 6.45. The molecule has 0 aromatic carbocycles. The lowest BCUT2D eigenvalue weighted by Gasteiger charge is -2.09. The fourth-order valence-corrected chi connectivity index (χ4v) is 2.53. The Labute approximate surface area is 105 Å². The molecule has 1 fully saturated rings. The highest BCUT2D eigenvalue weighted by Crippen LogP contribution is 2.32. The van der Waals surface area contributed by atoms with Crippen molar-refractivity contribution in [2.24, 2.45) is 0 Å². The maximum Gasteiger partial charge on any atom is 0.251 e. The summed E-state index contributed by atoms with van der Waals surface area (Å²) in [6.45, 7) is 0. The maximum atomic E-state index is 11.7. The Bertz CT molecular complexity index is 585. The minimum atomic E-state index is -0.0902. The molecule has 18 heavy (non-hydrogen) atoms. The van der Waals surface area contributed by atoms with Crippen LogP contribution in [0.1, 0.15) is 37.3 Å². The smallest absolute Gasteiger partial charge is 0.251 e. The highest BCUT2D eigenvalue weighted by molar-refractivity contribution is 5.48. The first kappa shape index (κ1) is 11.1. The van der Waals surface area contributed by atoms with Gasteiger partial charge in [0.2, 0.25) is 0 Å². The average molecular weight is 241 g/mol. The van der Waals surface area contributed by atoms with Crippen LogP contribution in [0, 0.1) is 0 Å². The van der Waals surface area contributed by atoms with Crippen LogP contribution < -0.4 is 5.56 Å². The van der Waals surface area contributed by atoms with Gasteiger partial charge in [0.25, 0.3) is 5.56 Å². The van der Waals surface area contributed by atoms with Crippen LogP contribution in [0.3, 0.4) is 0 Å². The van der Waals surface area contributed by atoms with Gasteiger partial charge in [0, 0.05) is 18.2 Å². The number of nitrogens with zero attached hydrogens (tertiary/aromatic N) is 2. The Balaban J connectivity index is 2.03. The lowest BCUT2D eigenvalue weighted by molar-refractivity contribution is 0.693. The normalized spacial score (nSPS) is 16.0. The molecule has 1 saturated carbocycles. The van der Waals surface area contributed by atoms with Crippen LogP contribution in [0.25, 0.3) is 11.5 Å². The van der Waals surface area contributed by atoms with Crippen molar-refractivity contribution in [3.63, 3.8) is 0 Å². The van der Waals surface area contributed by atoms with E-state index >= 15 is 0 Å². The van der Waals surface area contributed by atoms with Crippen molar-refractivity contribution in [1.82, 2.24) is 15.0 Å². The summed E-state index contributed by atoms with van der Waals surface area (Å²) in [6, 6.07) is 7.23. The molecule has 1 N–H and O–H groups in total. The van der Waals surface area contributed by atoms with Crippen LogP contribution in [0.5, 0.6) is 0 Å². The molecule has 4 nitrogen and oxygen atoms in total. The topological polar surface area (TPSA) is 58.6 Å². The molecule has 3 rings (SSSR count). The SMILES string of the molecule is O=c1cc(C2CCCC2)nc(-c2ccccn2)[nH]1. The second-order valence-corrected chi connectivity index (χ2v) is 4.72. The molecule has 0 aliphatic heterocycles. The van der Waals surface area contributed by atoms with Crippen molar-refractivity contribution in [3.8, 4) is 11.5 Å². The number of nitrogens with one attached hydrogen (secondary N) is 1. The van der Waals surface area contributed by atoms with Gasteiger partial charge in [-0.15, -0.1) is 0 Å². The molecule has 0 unspecified atom stereocenters. The molecule has 0 spiro atoms. The third-order valence-corrected chi connectivity index (χ3v) is 3.44. The minimum Gasteiger partial charge on any atom is -0.305 e. The van der Waals surface area contributed by atoms with Gasteiger partial charge in [-0.3, -0.25) is 9.78 Å². The highest BCUT2D eigenvalue weighted by atomic mass is 16.1. The van der Waals surface area contributed by atoms with E-state index in [9.17, 15) is 4.79 Å². The highest BCUT2D eigenvalue weighted by Gasteiger charge is 2.19. The third-order valence-electron chi connectivity index (χ3n) is 3.44. The molecule has 0 saturated heterocycles. The number of rotatable bonds is 2. The number of aromatic amines is 1. The first-order valence-electron chi connectivity index (χ1n) is 6.35. The van der Waals surface area contributed by atoms with Crippen LogP contribution in [-0.4, -0.2) is 15.0 Å². The fourth-order valence-electron chi connectivity index (χ4n) is 2.53. The Morgan fingerprint density at radius 3 is 2.78 bits per heavy atom. The van der Waals surface area contributed by atoms with Gasteiger partial charge < -0.3 is 4.98 Å². The second kappa shape index (κ2) is 4.72. The monoisotopic (exact) mass is 241 g/mol. The van der Waals surface area contributed by atoms with Gasteiger partial charge in [0.15, 0.2) is 5.82 Å². The van der Waals surface area contributed by atoms with E-state index < -0.39 is 0 Å². The number of hydrogen-bond donors (Lipinski definition) is 1. The van der Waals surface area contributed by atoms with Crippen LogP contribution in [0.15, 0.2) is 35.3 Å². The van der Waals surface area contributed by atoms with Crippen molar-refractivity contribution < 1.29 is 0 Å². The lowest BCUT2D eigenvalue weighted by Crippen LogP contribution is -2.12. The standard InChI is InChI=1S/C14H15N3O/c18-13-9-12(10-5-1-2-6-10)16-14(17-13)11-7-3-4-8-15-11/h3-4,7-10H,1-2,5-6H2,(H,16,17,18). The van der Waals surface area contributed by atoms with E-state index in [2.05, 4.69) is 15.0 Å². The zero-order valence-electron chi connectivity index (χ0n) is 10.1. The molecular formula is C14H15N3O. The van der Waals surface area contributed by atoms with E-state index in [1.54, 1.807) is 12.3 Å². The van der Waals surface area contributed by atoms with Crippen molar-refractivity contribution in [3.05, 3.63) is 46.5 Å². The van der Waals surface area contributed by atoms with Gasteiger partial charge in [-0.05, 0) is 25.0 Å². The van der Waals surface area contributed by atoms with Gasteiger partial charge in [0.1, 0.15) is 5.69 Å². The van der Waals surface area contributed by atoms with Crippen molar-refractivity contribution in [2.75, 3.05) is 0 Å². The number of pyridine rings is 1. The molecule has 0 atom stereocenters. The van der Waals surface area contributed by atoms with Gasteiger partial charge in [-0.1, -0.05) is 18.9 Å². The molecule has 2 heterocycles. The average Bonchev–Trinajstić information content (AvgIpc) is 2.93. The van der Waals surface area contributed by atoms with Gasteiger partial charge in [0.05, 0.1) is 5.69 Å². The van der Waals surface area contributed by atoms with Crippen LogP contribution in [0.2, 0.25) is 0 Å². The Morgan fingerprint density at radius 2 is 2.06 bits per heavy atom. The van der Waals surface area contributed by atoms with E-state index in [1.165, 1.54) is 12.8 Å². The molecule has 2 aromatic heterocycles. The quantitative estimate of drug-likeness (QED) is 0.878. The van der Waals surface area contributed by atoms with E-state index in [0.29, 0.717) is 11.7 Å². The van der Waals surface area contributed by atoms with E-state index in [1.807, 2.05) is 18.2 Å². The zero-order valence-corrected chi connectivity index (χ0v) is 10.1. The summed E-state index contributed by atoms with van der Waals surface area (Å²) in [5, 5.41) is 0. The lowest BCUT2D eigenvalue weighted by atomic mass is 10.0. The summed E-state index contributed by atoms with van der Waals surface area (Å²) in [7, 11) is 0. The number of aromatic nitrogens is 3. The Morgan fingerprint density at radius 1 is 1.22 bits per heavy atom. The van der Waals surface area contributed by atoms with Crippen molar-refractivity contribution in [2.45, 2.75) is 31.6 Å². The summed E-state index contributed by atoms with van der Waals surface area (Å²) in [4.78, 5) is 23.3. The minimum absolute atomic E-state index is 0.0902. The Hall–Kier alpha value is -1.97. The largest absolute Gasteiger partial charge is 0.305 e. The summed E-state index contributed by atoms with van der Waals surface area (Å²) in [5.74, 6) is 1.01. The molecule has 0 radical (unpaired) electrons. The molecule has 1 aliphatic rings. The molecule has 1 aliphatic carbocycles. The fraction of sp³-hybridized carbons (Fsp3) is 0.357. The first-order chi connectivity index (χ1) is 8.83. The van der Waals surface area contributed by atoms with Crippen molar-refractivity contribution in [1.29, 1.82) is 0 Å². The molecule has 2 aromatic rings. The molecule has 0 amide bonds.